The van der Waals surface area contributed by atoms with Crippen LogP contribution in [0.25, 0.3) is 49.8 Å². The first kappa shape index (κ1) is 29.2. The molecule has 1 aromatic heterocycles. The minimum atomic E-state index is 0.724. The van der Waals surface area contributed by atoms with Crippen LogP contribution < -0.4 is 10.6 Å². The fourth-order valence-corrected chi connectivity index (χ4v) is 6.72. The van der Waals surface area contributed by atoms with Gasteiger partial charge in [0.2, 0.25) is 0 Å². The van der Waals surface area contributed by atoms with Crippen LogP contribution in [-0.2, 0) is 0 Å². The number of nitrogens with one attached hydrogen (secondary N) is 2. The molecule has 0 saturated heterocycles. The van der Waals surface area contributed by atoms with Gasteiger partial charge in [-0.2, -0.15) is 0 Å². The summed E-state index contributed by atoms with van der Waals surface area (Å²) in [6, 6.07) is 43.6. The third-order valence-electron chi connectivity index (χ3n) is 8.78. The molecule has 0 spiro atoms. The first-order valence-corrected chi connectivity index (χ1v) is 16.4. The summed E-state index contributed by atoms with van der Waals surface area (Å²) in [6.07, 6.45) is 13.2. The predicted molar refractivity (Wildman–Crippen MR) is 198 cm³/mol. The summed E-state index contributed by atoms with van der Waals surface area (Å²) in [6.45, 7) is 4.72. The minimum absolute atomic E-state index is 0.724. The molecule has 0 bridgehead atoms. The van der Waals surface area contributed by atoms with Crippen molar-refractivity contribution < 1.29 is 0 Å². The summed E-state index contributed by atoms with van der Waals surface area (Å²) >= 11 is 0. The Morgan fingerprint density at radius 1 is 0.630 bits per heavy atom. The molecule has 2 aliphatic rings. The summed E-state index contributed by atoms with van der Waals surface area (Å²) in [5, 5.41) is 9.91. The van der Waals surface area contributed by atoms with Gasteiger partial charge in [0.15, 0.2) is 0 Å². The fourth-order valence-electron chi connectivity index (χ4n) is 6.72. The Bertz CT molecular complexity index is 2140. The molecule has 6 aromatic rings. The lowest BCUT2D eigenvalue weighted by molar-refractivity contribution is 0.903. The number of benzene rings is 5. The summed E-state index contributed by atoms with van der Waals surface area (Å²) in [5.74, 6) is 0. The average Bonchev–Trinajstić information content (AvgIpc) is 3.46. The van der Waals surface area contributed by atoms with Crippen LogP contribution in [-0.4, -0.2) is 11.1 Å². The van der Waals surface area contributed by atoms with Gasteiger partial charge in [-0.25, -0.2) is 0 Å². The van der Waals surface area contributed by atoms with E-state index in [0.717, 1.165) is 25.1 Å². The first-order valence-electron chi connectivity index (χ1n) is 16.4. The van der Waals surface area contributed by atoms with E-state index < -0.39 is 0 Å². The second kappa shape index (κ2) is 13.2. The number of rotatable bonds is 2. The van der Waals surface area contributed by atoms with Crippen molar-refractivity contribution in [2.75, 3.05) is 11.9 Å². The Morgan fingerprint density at radius 3 is 2.22 bits per heavy atom. The van der Waals surface area contributed by atoms with Crippen molar-refractivity contribution in [2.45, 2.75) is 26.7 Å². The highest BCUT2D eigenvalue weighted by Crippen LogP contribution is 2.38. The molecule has 1 aliphatic heterocycles. The molecule has 2 heterocycles. The molecule has 0 saturated carbocycles. The fraction of sp³-hybridized carbons (Fsp3) is 0.116. The monoisotopic (exact) mass is 597 g/mol. The normalized spacial score (nSPS) is 16.1. The van der Waals surface area contributed by atoms with E-state index in [4.69, 9.17) is 0 Å². The number of para-hydroxylation sites is 3. The molecule has 3 heteroatoms. The Labute approximate surface area is 271 Å². The Balaban J connectivity index is 0.00000166. The molecule has 46 heavy (non-hydrogen) atoms. The van der Waals surface area contributed by atoms with E-state index in [1.807, 2.05) is 13.8 Å². The summed E-state index contributed by atoms with van der Waals surface area (Å²) in [5.41, 5.74) is 13.4. The van der Waals surface area contributed by atoms with Crippen LogP contribution >= 0.6 is 0 Å². The Hall–Kier alpha value is -5.54. The zero-order valence-electron chi connectivity index (χ0n) is 26.5. The van der Waals surface area contributed by atoms with Gasteiger partial charge in [-0.05, 0) is 89.2 Å². The van der Waals surface area contributed by atoms with Gasteiger partial charge < -0.3 is 15.2 Å². The maximum Gasteiger partial charge on any atom is 0.0541 e. The van der Waals surface area contributed by atoms with E-state index in [-0.39, 0.29) is 0 Å². The molecule has 0 amide bonds. The molecule has 2 N–H and O–H groups in total. The molecular weight excluding hydrogens is 558 g/mol. The van der Waals surface area contributed by atoms with Gasteiger partial charge in [0.05, 0.1) is 11.0 Å². The van der Waals surface area contributed by atoms with Gasteiger partial charge >= 0.3 is 0 Å². The van der Waals surface area contributed by atoms with Crippen molar-refractivity contribution in [2.24, 2.45) is 0 Å². The molecular formula is C43H39N3. The number of anilines is 1. The zero-order valence-corrected chi connectivity index (χ0v) is 26.5. The van der Waals surface area contributed by atoms with E-state index in [1.54, 1.807) is 0 Å². The highest BCUT2D eigenvalue weighted by atomic mass is 15.0. The maximum absolute atomic E-state index is 3.77. The number of allylic oxidation sites excluding steroid dienone is 5. The highest BCUT2D eigenvalue weighted by molar-refractivity contribution is 6.10. The molecule has 5 aromatic carbocycles. The summed E-state index contributed by atoms with van der Waals surface area (Å²) in [7, 11) is 0. The average molecular weight is 598 g/mol. The molecule has 226 valence electrons. The maximum atomic E-state index is 3.77. The smallest absolute Gasteiger partial charge is 0.0541 e. The van der Waals surface area contributed by atoms with E-state index >= 15 is 0 Å². The Kier molecular flexibility index (Phi) is 8.38. The number of aromatic nitrogens is 1. The molecule has 8 rings (SSSR count). The summed E-state index contributed by atoms with van der Waals surface area (Å²) < 4.78 is 2.37. The van der Waals surface area contributed by atoms with Gasteiger partial charge in [0.1, 0.15) is 0 Å². The van der Waals surface area contributed by atoms with Crippen LogP contribution in [0.1, 0.15) is 37.8 Å². The van der Waals surface area contributed by atoms with Crippen molar-refractivity contribution in [1.82, 2.24) is 9.88 Å². The lowest BCUT2D eigenvalue weighted by atomic mass is 9.88. The molecule has 0 unspecified atom stereocenters. The van der Waals surface area contributed by atoms with Gasteiger partial charge in [-0.15, -0.1) is 0 Å². The van der Waals surface area contributed by atoms with Crippen molar-refractivity contribution >= 4 is 38.6 Å². The van der Waals surface area contributed by atoms with Crippen LogP contribution in [0.2, 0.25) is 0 Å². The molecule has 0 atom stereocenters. The van der Waals surface area contributed by atoms with E-state index in [0.29, 0.717) is 0 Å². The largest absolute Gasteiger partial charge is 0.381 e. The number of hydrogen-bond acceptors (Lipinski definition) is 2. The zero-order chi connectivity index (χ0) is 31.3. The Morgan fingerprint density at radius 2 is 1.35 bits per heavy atom. The minimum Gasteiger partial charge on any atom is -0.381 e. The topological polar surface area (TPSA) is 29.0 Å². The second-order valence-electron chi connectivity index (χ2n) is 11.4. The number of fused-ring (bicyclic) bond motifs is 7. The standard InChI is InChI=1S/C41H33N3.C2H6/c1-2-12-31(13-3-1)44-40-21-11-8-18-36(40)37-28-30(22-23-41(37)44)29-24-26-42-38-19-9-6-16-34(38)32-14-4-5-15-33(32)35-17-7-10-20-39(35)43-27-25-29;1-2/h1-6,8-16,18-26,28,42-43H,7,17,27H2;1-2H3/b26-24+,29-25+;. The van der Waals surface area contributed by atoms with Gasteiger partial charge in [0, 0.05) is 46.2 Å². The lowest BCUT2D eigenvalue weighted by Crippen LogP contribution is -2.15. The second-order valence-corrected chi connectivity index (χ2v) is 11.4. The molecule has 0 fully saturated rings. The van der Waals surface area contributed by atoms with Crippen LogP contribution in [0.5, 0.6) is 0 Å². The lowest BCUT2D eigenvalue weighted by Gasteiger charge is -2.21. The van der Waals surface area contributed by atoms with Gasteiger partial charge in [0.25, 0.3) is 0 Å². The van der Waals surface area contributed by atoms with Crippen LogP contribution in [0.3, 0.4) is 0 Å². The van der Waals surface area contributed by atoms with Crippen LogP contribution in [0.15, 0.2) is 158 Å². The van der Waals surface area contributed by atoms with Gasteiger partial charge in [-0.1, -0.05) is 111 Å². The van der Waals surface area contributed by atoms with Crippen molar-refractivity contribution in [3.05, 3.63) is 169 Å². The first-order chi connectivity index (χ1) is 22.8. The van der Waals surface area contributed by atoms with Crippen molar-refractivity contribution in [3.8, 4) is 16.8 Å². The molecule has 0 radical (unpaired) electrons. The van der Waals surface area contributed by atoms with E-state index in [9.17, 15) is 0 Å². The number of nitrogens with zero attached hydrogens (tertiary/aromatic N) is 1. The van der Waals surface area contributed by atoms with Crippen LogP contribution in [0.4, 0.5) is 5.69 Å². The van der Waals surface area contributed by atoms with Crippen molar-refractivity contribution in [3.63, 3.8) is 0 Å². The summed E-state index contributed by atoms with van der Waals surface area (Å²) in [4.78, 5) is 0. The quantitative estimate of drug-likeness (QED) is 0.208. The van der Waals surface area contributed by atoms with Crippen LogP contribution in [0, 0.1) is 0 Å². The third-order valence-corrected chi connectivity index (χ3v) is 8.78. The van der Waals surface area contributed by atoms with E-state index in [2.05, 4.69) is 167 Å². The molecule has 1 aliphatic carbocycles. The predicted octanol–water partition coefficient (Wildman–Crippen LogP) is 11.2. The number of hydrogen-bond donors (Lipinski definition) is 2. The van der Waals surface area contributed by atoms with Crippen molar-refractivity contribution in [1.29, 1.82) is 0 Å². The van der Waals surface area contributed by atoms with E-state index in [1.165, 1.54) is 66.6 Å². The van der Waals surface area contributed by atoms with Gasteiger partial charge in [-0.3, -0.25) is 0 Å². The SMILES string of the molecule is C1=CC2=C(CC1)c1ccccc1-c1ccccc1N/C=C/C(c1ccc3c(c1)c1ccccc1n3-c1ccccc1)=C\CN2.CC. The molecule has 3 nitrogen and oxygen atoms in total. The highest BCUT2D eigenvalue weighted by Gasteiger charge is 2.17. The third kappa shape index (κ3) is 5.46.